The lowest BCUT2D eigenvalue weighted by molar-refractivity contribution is 0.708. The lowest BCUT2D eigenvalue weighted by Crippen LogP contribution is -2.33. The van der Waals surface area contributed by atoms with Crippen LogP contribution in [0.3, 0.4) is 0 Å². The first-order valence-electron chi connectivity index (χ1n) is 4.46. The Balaban J connectivity index is 2.88. The Morgan fingerprint density at radius 2 is 2.29 bits per heavy atom. The van der Waals surface area contributed by atoms with E-state index in [1.54, 1.807) is 6.20 Å². The summed E-state index contributed by atoms with van der Waals surface area (Å²) in [5.74, 6) is 1.65. The van der Waals surface area contributed by atoms with Crippen molar-refractivity contribution in [1.82, 2.24) is 9.97 Å². The van der Waals surface area contributed by atoms with Crippen LogP contribution in [0.15, 0.2) is 10.7 Å². The zero-order chi connectivity index (χ0) is 10.7. The molecule has 0 spiro atoms. The summed E-state index contributed by atoms with van der Waals surface area (Å²) >= 11 is 3.41. The van der Waals surface area contributed by atoms with Gasteiger partial charge in [-0.25, -0.2) is 9.97 Å². The predicted octanol–water partition coefficient (Wildman–Crippen LogP) is 1.33. The topological polar surface area (TPSA) is 55.0 Å². The number of rotatable bonds is 3. The standard InChI is InChI=1S/C9H15BrN4/c1-6(11)5-14(3)9-8(10)4-12-7(2)13-9/h4,6H,5,11H2,1-3H3. The van der Waals surface area contributed by atoms with Crippen LogP contribution in [-0.2, 0) is 0 Å². The molecular weight excluding hydrogens is 244 g/mol. The molecule has 1 unspecified atom stereocenters. The van der Waals surface area contributed by atoms with Gasteiger partial charge in [-0.2, -0.15) is 0 Å². The third-order valence-corrected chi connectivity index (χ3v) is 2.33. The minimum Gasteiger partial charge on any atom is -0.357 e. The number of anilines is 1. The van der Waals surface area contributed by atoms with Crippen molar-refractivity contribution in [2.24, 2.45) is 5.73 Å². The smallest absolute Gasteiger partial charge is 0.146 e. The van der Waals surface area contributed by atoms with Crippen LogP contribution >= 0.6 is 15.9 Å². The molecule has 1 aromatic heterocycles. The van der Waals surface area contributed by atoms with E-state index in [0.29, 0.717) is 0 Å². The maximum Gasteiger partial charge on any atom is 0.146 e. The molecule has 0 aromatic carbocycles. The number of hydrogen-bond donors (Lipinski definition) is 1. The highest BCUT2D eigenvalue weighted by Crippen LogP contribution is 2.21. The summed E-state index contributed by atoms with van der Waals surface area (Å²) in [5.41, 5.74) is 5.72. The van der Waals surface area contributed by atoms with Gasteiger partial charge < -0.3 is 10.6 Å². The summed E-state index contributed by atoms with van der Waals surface area (Å²) in [7, 11) is 1.97. The van der Waals surface area contributed by atoms with Gasteiger partial charge in [0.2, 0.25) is 0 Å². The lowest BCUT2D eigenvalue weighted by atomic mass is 10.3. The van der Waals surface area contributed by atoms with Gasteiger partial charge in [0.15, 0.2) is 0 Å². The van der Waals surface area contributed by atoms with Crippen LogP contribution in [0.5, 0.6) is 0 Å². The quantitative estimate of drug-likeness (QED) is 0.889. The normalized spacial score (nSPS) is 12.6. The Kier molecular flexibility index (Phi) is 3.83. The molecule has 1 rings (SSSR count). The van der Waals surface area contributed by atoms with Gasteiger partial charge in [0.25, 0.3) is 0 Å². The second-order valence-electron chi connectivity index (χ2n) is 3.45. The fourth-order valence-corrected chi connectivity index (χ4v) is 1.72. The molecule has 1 aromatic rings. The molecule has 1 atom stereocenters. The van der Waals surface area contributed by atoms with Crippen LogP contribution in [0.1, 0.15) is 12.7 Å². The highest BCUT2D eigenvalue weighted by molar-refractivity contribution is 9.10. The van der Waals surface area contributed by atoms with E-state index >= 15 is 0 Å². The van der Waals surface area contributed by atoms with E-state index in [4.69, 9.17) is 5.73 Å². The first-order valence-corrected chi connectivity index (χ1v) is 5.26. The van der Waals surface area contributed by atoms with Gasteiger partial charge in [0.1, 0.15) is 11.6 Å². The van der Waals surface area contributed by atoms with Crippen LogP contribution in [0.25, 0.3) is 0 Å². The van der Waals surface area contributed by atoms with Crippen molar-refractivity contribution in [3.8, 4) is 0 Å². The maximum atomic E-state index is 5.72. The number of halogens is 1. The molecule has 0 aliphatic rings. The number of aryl methyl sites for hydroxylation is 1. The van der Waals surface area contributed by atoms with E-state index in [9.17, 15) is 0 Å². The van der Waals surface area contributed by atoms with Gasteiger partial charge >= 0.3 is 0 Å². The highest BCUT2D eigenvalue weighted by atomic mass is 79.9. The molecule has 1 heterocycles. The largest absolute Gasteiger partial charge is 0.357 e. The van der Waals surface area contributed by atoms with Crippen LogP contribution < -0.4 is 10.6 Å². The number of aromatic nitrogens is 2. The molecule has 14 heavy (non-hydrogen) atoms. The Morgan fingerprint density at radius 1 is 1.64 bits per heavy atom. The minimum atomic E-state index is 0.127. The van der Waals surface area contributed by atoms with E-state index in [0.717, 1.165) is 22.7 Å². The van der Waals surface area contributed by atoms with Crippen molar-refractivity contribution in [1.29, 1.82) is 0 Å². The summed E-state index contributed by atoms with van der Waals surface area (Å²) in [4.78, 5) is 10.4. The molecule has 0 saturated heterocycles. The van der Waals surface area contributed by atoms with Crippen LogP contribution in [-0.4, -0.2) is 29.6 Å². The van der Waals surface area contributed by atoms with Crippen molar-refractivity contribution in [2.75, 3.05) is 18.5 Å². The molecule has 0 radical (unpaired) electrons. The molecule has 0 saturated carbocycles. The van der Waals surface area contributed by atoms with E-state index in [-0.39, 0.29) is 6.04 Å². The summed E-state index contributed by atoms with van der Waals surface area (Å²) in [6, 6.07) is 0.127. The molecule has 0 fully saturated rings. The third kappa shape index (κ3) is 2.92. The van der Waals surface area contributed by atoms with Gasteiger partial charge in [-0.15, -0.1) is 0 Å². The van der Waals surface area contributed by atoms with Gasteiger partial charge in [-0.1, -0.05) is 0 Å². The molecule has 0 bridgehead atoms. The van der Waals surface area contributed by atoms with Crippen molar-refractivity contribution in [3.05, 3.63) is 16.5 Å². The first kappa shape index (κ1) is 11.4. The van der Waals surface area contributed by atoms with Gasteiger partial charge in [0, 0.05) is 25.8 Å². The van der Waals surface area contributed by atoms with Crippen LogP contribution in [0, 0.1) is 6.92 Å². The highest BCUT2D eigenvalue weighted by Gasteiger charge is 2.09. The summed E-state index contributed by atoms with van der Waals surface area (Å²) in [5, 5.41) is 0. The molecule has 4 nitrogen and oxygen atoms in total. The molecule has 2 N–H and O–H groups in total. The number of nitrogens with two attached hydrogens (primary N) is 1. The fraction of sp³-hybridized carbons (Fsp3) is 0.556. The van der Waals surface area contributed by atoms with Gasteiger partial charge in [-0.3, -0.25) is 0 Å². The number of hydrogen-bond acceptors (Lipinski definition) is 4. The Morgan fingerprint density at radius 3 is 2.86 bits per heavy atom. The summed E-state index contributed by atoms with van der Waals surface area (Å²) in [6.45, 7) is 4.61. The summed E-state index contributed by atoms with van der Waals surface area (Å²) < 4.78 is 0.895. The predicted molar refractivity (Wildman–Crippen MR) is 61.4 cm³/mol. The Labute approximate surface area is 92.7 Å². The zero-order valence-electron chi connectivity index (χ0n) is 8.66. The number of nitrogens with zero attached hydrogens (tertiary/aromatic N) is 3. The van der Waals surface area contributed by atoms with Crippen molar-refractivity contribution < 1.29 is 0 Å². The second-order valence-corrected chi connectivity index (χ2v) is 4.30. The van der Waals surface area contributed by atoms with E-state index < -0.39 is 0 Å². The summed E-state index contributed by atoms with van der Waals surface area (Å²) in [6.07, 6.45) is 1.76. The monoisotopic (exact) mass is 258 g/mol. The molecule has 0 aliphatic carbocycles. The van der Waals surface area contributed by atoms with Crippen LogP contribution in [0.4, 0.5) is 5.82 Å². The van der Waals surface area contributed by atoms with Gasteiger partial charge in [-0.05, 0) is 29.8 Å². The van der Waals surface area contributed by atoms with Gasteiger partial charge in [0.05, 0.1) is 4.47 Å². The fourth-order valence-electron chi connectivity index (χ4n) is 1.23. The van der Waals surface area contributed by atoms with E-state index in [1.807, 2.05) is 25.8 Å². The lowest BCUT2D eigenvalue weighted by Gasteiger charge is -2.21. The Hall–Kier alpha value is -0.680. The maximum absolute atomic E-state index is 5.72. The minimum absolute atomic E-state index is 0.127. The molecular formula is C9H15BrN4. The van der Waals surface area contributed by atoms with Crippen LogP contribution in [0.2, 0.25) is 0 Å². The second kappa shape index (κ2) is 4.70. The average Bonchev–Trinajstić information content (AvgIpc) is 2.08. The molecule has 0 aliphatic heterocycles. The molecule has 0 amide bonds. The molecule has 78 valence electrons. The average molecular weight is 259 g/mol. The van der Waals surface area contributed by atoms with Crippen molar-refractivity contribution in [3.63, 3.8) is 0 Å². The molecule has 5 heteroatoms. The van der Waals surface area contributed by atoms with E-state index in [1.165, 1.54) is 0 Å². The van der Waals surface area contributed by atoms with Crippen molar-refractivity contribution in [2.45, 2.75) is 19.9 Å². The van der Waals surface area contributed by atoms with Crippen molar-refractivity contribution >= 4 is 21.7 Å². The first-order chi connectivity index (χ1) is 6.50. The third-order valence-electron chi connectivity index (χ3n) is 1.77. The zero-order valence-corrected chi connectivity index (χ0v) is 10.2. The SMILES string of the molecule is Cc1ncc(Br)c(N(C)CC(C)N)n1. The van der Waals surface area contributed by atoms with E-state index in [2.05, 4.69) is 25.9 Å². The number of likely N-dealkylation sites (N-methyl/N-ethyl adjacent to an activating group) is 1. The Bertz CT molecular complexity index is 314.